The Kier molecular flexibility index (Phi) is 6.11. The predicted molar refractivity (Wildman–Crippen MR) is 74.0 cm³/mol. The molecular formula is C15H27NO3. The van der Waals surface area contributed by atoms with Crippen molar-refractivity contribution in [3.63, 3.8) is 0 Å². The summed E-state index contributed by atoms with van der Waals surface area (Å²) in [6.45, 7) is 6.41. The molecule has 2 heterocycles. The van der Waals surface area contributed by atoms with Gasteiger partial charge in [0.1, 0.15) is 0 Å². The number of nitrogens with zero attached hydrogens (tertiary/aromatic N) is 1. The van der Waals surface area contributed by atoms with Crippen molar-refractivity contribution in [3.8, 4) is 0 Å². The van der Waals surface area contributed by atoms with E-state index < -0.39 is 0 Å². The van der Waals surface area contributed by atoms with Crippen molar-refractivity contribution in [2.24, 2.45) is 5.92 Å². The smallest absolute Gasteiger partial charge is 0.310 e. The van der Waals surface area contributed by atoms with Crippen molar-refractivity contribution in [1.82, 2.24) is 4.90 Å². The van der Waals surface area contributed by atoms with E-state index in [4.69, 9.17) is 9.47 Å². The summed E-state index contributed by atoms with van der Waals surface area (Å²) in [5.74, 6) is 0.0859. The molecule has 2 rings (SSSR count). The molecule has 0 aromatic rings. The second-order valence-electron chi connectivity index (χ2n) is 5.67. The van der Waals surface area contributed by atoms with Crippen LogP contribution in [0.4, 0.5) is 0 Å². The number of carbonyl (C=O) groups excluding carboxylic acids is 1. The first-order valence-electron chi connectivity index (χ1n) is 7.80. The fraction of sp³-hybridized carbons (Fsp3) is 0.933. The fourth-order valence-electron chi connectivity index (χ4n) is 3.13. The molecule has 0 radical (unpaired) electrons. The average Bonchev–Trinajstić information content (AvgIpc) is 2.93. The van der Waals surface area contributed by atoms with E-state index in [9.17, 15) is 4.79 Å². The van der Waals surface area contributed by atoms with Crippen LogP contribution in [-0.2, 0) is 14.3 Å². The molecule has 19 heavy (non-hydrogen) atoms. The van der Waals surface area contributed by atoms with Crippen molar-refractivity contribution in [1.29, 1.82) is 0 Å². The van der Waals surface area contributed by atoms with Gasteiger partial charge in [0.25, 0.3) is 0 Å². The Morgan fingerprint density at radius 1 is 1.37 bits per heavy atom. The Morgan fingerprint density at radius 3 is 3.00 bits per heavy atom. The lowest BCUT2D eigenvalue weighted by atomic mass is 9.98. The SMILES string of the molecule is CCOC(=O)[C@@H]1CCCN(CCCC2CCCO2)C1. The Bertz CT molecular complexity index is 277. The van der Waals surface area contributed by atoms with E-state index in [1.54, 1.807) is 0 Å². The maximum atomic E-state index is 11.8. The molecule has 0 spiro atoms. The molecule has 0 aromatic carbocycles. The van der Waals surface area contributed by atoms with Crippen LogP contribution in [0.2, 0.25) is 0 Å². The van der Waals surface area contributed by atoms with Crippen LogP contribution >= 0.6 is 0 Å². The summed E-state index contributed by atoms with van der Waals surface area (Å²) in [7, 11) is 0. The number of piperidine rings is 1. The van der Waals surface area contributed by atoms with E-state index in [0.717, 1.165) is 39.1 Å². The molecule has 0 saturated carbocycles. The van der Waals surface area contributed by atoms with Crippen molar-refractivity contribution < 1.29 is 14.3 Å². The summed E-state index contributed by atoms with van der Waals surface area (Å²) in [5.41, 5.74) is 0. The molecule has 2 aliphatic rings. The van der Waals surface area contributed by atoms with Gasteiger partial charge in [-0.15, -0.1) is 0 Å². The van der Waals surface area contributed by atoms with Crippen LogP contribution in [0.15, 0.2) is 0 Å². The number of carbonyl (C=O) groups is 1. The lowest BCUT2D eigenvalue weighted by Gasteiger charge is -2.31. The molecule has 0 aliphatic carbocycles. The van der Waals surface area contributed by atoms with E-state index in [1.165, 1.54) is 25.7 Å². The van der Waals surface area contributed by atoms with Gasteiger partial charge in [-0.25, -0.2) is 0 Å². The minimum Gasteiger partial charge on any atom is -0.466 e. The zero-order valence-electron chi connectivity index (χ0n) is 12.1. The topological polar surface area (TPSA) is 38.8 Å². The second-order valence-corrected chi connectivity index (χ2v) is 5.67. The molecule has 4 heteroatoms. The molecule has 0 amide bonds. The van der Waals surface area contributed by atoms with E-state index in [-0.39, 0.29) is 11.9 Å². The van der Waals surface area contributed by atoms with Gasteiger partial charge in [-0.2, -0.15) is 0 Å². The number of hydrogen-bond donors (Lipinski definition) is 0. The number of likely N-dealkylation sites (tertiary alicyclic amines) is 1. The third-order valence-electron chi connectivity index (χ3n) is 4.15. The van der Waals surface area contributed by atoms with Crippen LogP contribution in [0, 0.1) is 5.92 Å². The zero-order chi connectivity index (χ0) is 13.5. The van der Waals surface area contributed by atoms with Crippen LogP contribution in [0.5, 0.6) is 0 Å². The average molecular weight is 269 g/mol. The first-order chi connectivity index (χ1) is 9.29. The standard InChI is InChI=1S/C15H27NO3/c1-2-18-15(17)13-6-3-9-16(12-13)10-4-7-14-8-5-11-19-14/h13-14H,2-12H2,1H3/t13-,14?/m1/s1. The van der Waals surface area contributed by atoms with Gasteiger partial charge in [-0.05, 0) is 58.5 Å². The van der Waals surface area contributed by atoms with Crippen LogP contribution < -0.4 is 0 Å². The van der Waals surface area contributed by atoms with Crippen molar-refractivity contribution >= 4 is 5.97 Å². The van der Waals surface area contributed by atoms with Crippen LogP contribution in [0.1, 0.15) is 45.4 Å². The van der Waals surface area contributed by atoms with Gasteiger partial charge in [0, 0.05) is 13.2 Å². The van der Waals surface area contributed by atoms with Gasteiger partial charge >= 0.3 is 5.97 Å². The molecular weight excluding hydrogens is 242 g/mol. The highest BCUT2D eigenvalue weighted by atomic mass is 16.5. The molecule has 2 atom stereocenters. The minimum absolute atomic E-state index is 0.00803. The van der Waals surface area contributed by atoms with Gasteiger partial charge in [0.2, 0.25) is 0 Å². The predicted octanol–water partition coefficient (Wildman–Crippen LogP) is 2.22. The van der Waals surface area contributed by atoms with E-state index in [0.29, 0.717) is 12.7 Å². The zero-order valence-corrected chi connectivity index (χ0v) is 12.1. The summed E-state index contributed by atoms with van der Waals surface area (Å²) < 4.78 is 10.8. The van der Waals surface area contributed by atoms with Gasteiger partial charge in [0.15, 0.2) is 0 Å². The Labute approximate surface area is 116 Å². The monoisotopic (exact) mass is 269 g/mol. The van der Waals surface area contributed by atoms with Crippen LogP contribution in [0.25, 0.3) is 0 Å². The summed E-state index contributed by atoms with van der Waals surface area (Å²) >= 11 is 0. The van der Waals surface area contributed by atoms with Crippen molar-refractivity contribution in [2.45, 2.75) is 51.6 Å². The fourth-order valence-corrected chi connectivity index (χ4v) is 3.13. The Balaban J connectivity index is 1.64. The molecule has 0 N–H and O–H groups in total. The third kappa shape index (κ3) is 4.77. The van der Waals surface area contributed by atoms with E-state index in [2.05, 4.69) is 4.90 Å². The van der Waals surface area contributed by atoms with E-state index in [1.807, 2.05) is 6.92 Å². The van der Waals surface area contributed by atoms with Gasteiger partial charge in [0.05, 0.1) is 18.6 Å². The van der Waals surface area contributed by atoms with Crippen LogP contribution in [-0.4, -0.2) is 49.8 Å². The number of ether oxygens (including phenoxy) is 2. The highest BCUT2D eigenvalue weighted by molar-refractivity contribution is 5.72. The molecule has 110 valence electrons. The lowest BCUT2D eigenvalue weighted by Crippen LogP contribution is -2.40. The summed E-state index contributed by atoms with van der Waals surface area (Å²) in [6.07, 6.45) is 7.39. The summed E-state index contributed by atoms with van der Waals surface area (Å²) in [4.78, 5) is 14.2. The largest absolute Gasteiger partial charge is 0.466 e. The minimum atomic E-state index is -0.00803. The number of hydrogen-bond acceptors (Lipinski definition) is 4. The quantitative estimate of drug-likeness (QED) is 0.693. The highest BCUT2D eigenvalue weighted by Crippen LogP contribution is 2.20. The van der Waals surface area contributed by atoms with Crippen molar-refractivity contribution in [2.75, 3.05) is 32.8 Å². The first kappa shape index (κ1) is 14.8. The van der Waals surface area contributed by atoms with Crippen LogP contribution in [0.3, 0.4) is 0 Å². The molecule has 2 aliphatic heterocycles. The lowest BCUT2D eigenvalue weighted by molar-refractivity contribution is -0.149. The molecule has 2 saturated heterocycles. The third-order valence-corrected chi connectivity index (χ3v) is 4.15. The molecule has 0 aromatic heterocycles. The van der Waals surface area contributed by atoms with Gasteiger partial charge in [-0.1, -0.05) is 0 Å². The summed E-state index contributed by atoms with van der Waals surface area (Å²) in [6, 6.07) is 0. The second kappa shape index (κ2) is 7.85. The van der Waals surface area contributed by atoms with Gasteiger partial charge in [-0.3, -0.25) is 4.79 Å². The summed E-state index contributed by atoms with van der Waals surface area (Å²) in [5, 5.41) is 0. The number of rotatable bonds is 6. The molecule has 2 fully saturated rings. The molecule has 4 nitrogen and oxygen atoms in total. The molecule has 0 bridgehead atoms. The Morgan fingerprint density at radius 2 is 2.26 bits per heavy atom. The maximum absolute atomic E-state index is 11.8. The van der Waals surface area contributed by atoms with Crippen molar-refractivity contribution in [3.05, 3.63) is 0 Å². The Hall–Kier alpha value is -0.610. The number of esters is 1. The van der Waals surface area contributed by atoms with Gasteiger partial charge < -0.3 is 14.4 Å². The molecule has 1 unspecified atom stereocenters. The maximum Gasteiger partial charge on any atom is 0.310 e. The normalized spacial score (nSPS) is 28.5. The first-order valence-corrected chi connectivity index (χ1v) is 7.80. The highest BCUT2D eigenvalue weighted by Gasteiger charge is 2.26. The van der Waals surface area contributed by atoms with E-state index >= 15 is 0 Å².